The molecule has 0 saturated carbocycles. The molecule has 1 amide bonds. The average Bonchev–Trinajstić information content (AvgIpc) is 3.14. The van der Waals surface area contributed by atoms with Crippen LogP contribution < -0.4 is 16.0 Å². The largest absolute Gasteiger partial charge is 0.416 e. The normalized spacial score (nSPS) is 13.8. The van der Waals surface area contributed by atoms with Crippen LogP contribution in [0.3, 0.4) is 0 Å². The molecule has 0 radical (unpaired) electrons. The molecule has 170 valence electrons. The second-order valence-corrected chi connectivity index (χ2v) is 7.84. The number of nitrogens with one attached hydrogen (secondary N) is 2. The molecule has 2 aromatic carbocycles. The lowest BCUT2D eigenvalue weighted by atomic mass is 10.1. The Hall–Kier alpha value is -4.15. The predicted molar refractivity (Wildman–Crippen MR) is 120 cm³/mol. The predicted octanol–water partition coefficient (Wildman–Crippen LogP) is 4.13. The Morgan fingerprint density at radius 1 is 1.21 bits per heavy atom. The van der Waals surface area contributed by atoms with E-state index in [4.69, 9.17) is 5.73 Å². The summed E-state index contributed by atoms with van der Waals surface area (Å²) in [5, 5.41) is 2.67. The number of nitrogens with zero attached hydrogens (tertiary/aromatic N) is 4. The summed E-state index contributed by atoms with van der Waals surface area (Å²) in [5.74, 6) is 0.621. The van der Waals surface area contributed by atoms with Gasteiger partial charge in [-0.25, -0.2) is 15.0 Å². The highest BCUT2D eigenvalue weighted by Gasteiger charge is 2.31. The monoisotopic (exact) mass is 455 g/mol. The standard InChI is InChI=1S/C22H18F3N7O.H2/c1-11-5-13(7-15-18(11)31-21(26)29-15)16-8-27-19-20(28-16)32(10-17(33)30-19)9-12-3-2-4-14(6-12)22(23,24)25;/h2-8H,9-10H2,1H3,(H3,26,29,31)(H,27,30,33);1H. The number of hydrogen-bond donors (Lipinski definition) is 3. The number of aromatic amines is 1. The molecule has 0 atom stereocenters. The van der Waals surface area contributed by atoms with Crippen LogP contribution in [-0.4, -0.2) is 32.4 Å². The Morgan fingerprint density at radius 3 is 2.82 bits per heavy atom. The van der Waals surface area contributed by atoms with E-state index in [0.717, 1.165) is 34.3 Å². The lowest BCUT2D eigenvalue weighted by Gasteiger charge is -2.29. The molecule has 11 heteroatoms. The number of carbonyl (C=O) groups excluding carboxylic acids is 1. The summed E-state index contributed by atoms with van der Waals surface area (Å²) >= 11 is 0. The van der Waals surface area contributed by atoms with Gasteiger partial charge in [-0.05, 0) is 42.3 Å². The second-order valence-electron chi connectivity index (χ2n) is 7.84. The number of nitrogen functional groups attached to an aromatic ring is 1. The number of anilines is 3. The van der Waals surface area contributed by atoms with E-state index in [9.17, 15) is 18.0 Å². The number of imidazole rings is 1. The summed E-state index contributed by atoms with van der Waals surface area (Å²) in [6.45, 7) is 1.91. The van der Waals surface area contributed by atoms with Gasteiger partial charge in [-0.3, -0.25) is 4.79 Å². The first-order valence-electron chi connectivity index (χ1n) is 10.0. The van der Waals surface area contributed by atoms with Crippen LogP contribution >= 0.6 is 0 Å². The highest BCUT2D eigenvalue weighted by Crippen LogP contribution is 2.33. The molecule has 0 saturated heterocycles. The first kappa shape index (κ1) is 20.7. The topological polar surface area (TPSA) is 113 Å². The summed E-state index contributed by atoms with van der Waals surface area (Å²) in [6, 6.07) is 8.76. The molecule has 1 aliphatic heterocycles. The van der Waals surface area contributed by atoms with Gasteiger partial charge in [0, 0.05) is 13.5 Å². The first-order valence-corrected chi connectivity index (χ1v) is 10.0. The lowest BCUT2D eigenvalue weighted by molar-refractivity contribution is -0.137. The molecule has 0 bridgehead atoms. The fourth-order valence-corrected chi connectivity index (χ4v) is 3.90. The van der Waals surface area contributed by atoms with Crippen LogP contribution in [0.15, 0.2) is 42.6 Å². The molecule has 1 aliphatic rings. The zero-order valence-corrected chi connectivity index (χ0v) is 17.4. The van der Waals surface area contributed by atoms with Crippen molar-refractivity contribution in [3.8, 4) is 11.3 Å². The summed E-state index contributed by atoms with van der Waals surface area (Å²) in [6.07, 6.45) is -2.92. The van der Waals surface area contributed by atoms with E-state index in [1.54, 1.807) is 11.0 Å². The van der Waals surface area contributed by atoms with Crippen LogP contribution in [0.25, 0.3) is 22.3 Å². The Balaban J connectivity index is 0.00000274. The third-order valence-electron chi connectivity index (χ3n) is 5.36. The van der Waals surface area contributed by atoms with Gasteiger partial charge in [-0.15, -0.1) is 0 Å². The zero-order valence-electron chi connectivity index (χ0n) is 17.4. The molecule has 33 heavy (non-hydrogen) atoms. The number of halogens is 3. The fraction of sp³-hybridized carbons (Fsp3) is 0.182. The van der Waals surface area contributed by atoms with E-state index in [2.05, 4.69) is 25.3 Å². The first-order chi connectivity index (χ1) is 15.7. The van der Waals surface area contributed by atoms with Gasteiger partial charge < -0.3 is 20.9 Å². The molecule has 2 aromatic heterocycles. The number of fused-ring (bicyclic) bond motifs is 2. The number of aryl methyl sites for hydroxylation is 1. The van der Waals surface area contributed by atoms with Gasteiger partial charge in [0.1, 0.15) is 0 Å². The van der Waals surface area contributed by atoms with Crippen LogP contribution in [0.2, 0.25) is 0 Å². The zero-order chi connectivity index (χ0) is 23.3. The number of alkyl halides is 3. The minimum Gasteiger partial charge on any atom is -0.369 e. The molecule has 0 unspecified atom stereocenters. The van der Waals surface area contributed by atoms with E-state index in [1.165, 1.54) is 12.3 Å². The van der Waals surface area contributed by atoms with Crippen LogP contribution in [0, 0.1) is 6.92 Å². The number of aromatic nitrogens is 4. The molecule has 4 N–H and O–H groups in total. The van der Waals surface area contributed by atoms with Gasteiger partial charge in [-0.2, -0.15) is 13.2 Å². The van der Waals surface area contributed by atoms with Gasteiger partial charge >= 0.3 is 6.18 Å². The van der Waals surface area contributed by atoms with Crippen molar-refractivity contribution in [1.29, 1.82) is 0 Å². The fourth-order valence-electron chi connectivity index (χ4n) is 3.90. The van der Waals surface area contributed by atoms with Gasteiger partial charge in [0.15, 0.2) is 17.6 Å². The molecule has 0 fully saturated rings. The Kier molecular flexibility index (Phi) is 4.69. The Labute approximate surface area is 187 Å². The van der Waals surface area contributed by atoms with Crippen molar-refractivity contribution in [3.05, 3.63) is 59.3 Å². The van der Waals surface area contributed by atoms with Crippen molar-refractivity contribution in [1.82, 2.24) is 19.9 Å². The minimum atomic E-state index is -4.45. The summed E-state index contributed by atoms with van der Waals surface area (Å²) in [7, 11) is 0. The van der Waals surface area contributed by atoms with E-state index in [-0.39, 0.29) is 26.2 Å². The maximum Gasteiger partial charge on any atom is 0.416 e. The Morgan fingerprint density at radius 2 is 2.03 bits per heavy atom. The number of H-pyrrole nitrogens is 1. The van der Waals surface area contributed by atoms with Crippen molar-refractivity contribution in [3.63, 3.8) is 0 Å². The molecule has 0 aliphatic carbocycles. The third kappa shape index (κ3) is 3.93. The molecule has 8 nitrogen and oxygen atoms in total. The number of carbonyl (C=O) groups is 1. The van der Waals surface area contributed by atoms with Crippen LogP contribution in [0.1, 0.15) is 18.1 Å². The maximum absolute atomic E-state index is 13.1. The van der Waals surface area contributed by atoms with Gasteiger partial charge in [0.05, 0.1) is 35.0 Å². The molecular weight excluding hydrogens is 435 g/mol. The van der Waals surface area contributed by atoms with E-state index >= 15 is 0 Å². The minimum absolute atomic E-state index is 0. The Bertz CT molecular complexity index is 1400. The van der Waals surface area contributed by atoms with Gasteiger partial charge in [0.25, 0.3) is 0 Å². The van der Waals surface area contributed by atoms with Gasteiger partial charge in [-0.1, -0.05) is 12.1 Å². The van der Waals surface area contributed by atoms with E-state index < -0.39 is 11.7 Å². The molecule has 4 aromatic rings. The van der Waals surface area contributed by atoms with Crippen molar-refractivity contribution in [2.75, 3.05) is 22.5 Å². The maximum atomic E-state index is 13.1. The van der Waals surface area contributed by atoms with Crippen LogP contribution in [0.4, 0.5) is 30.8 Å². The van der Waals surface area contributed by atoms with Crippen molar-refractivity contribution < 1.29 is 19.4 Å². The summed E-state index contributed by atoms with van der Waals surface area (Å²) in [4.78, 5) is 30.1. The van der Waals surface area contributed by atoms with Crippen molar-refractivity contribution in [2.45, 2.75) is 19.6 Å². The number of amides is 1. The highest BCUT2D eigenvalue weighted by molar-refractivity contribution is 5.99. The average molecular weight is 455 g/mol. The summed E-state index contributed by atoms with van der Waals surface area (Å²) < 4.78 is 39.4. The highest BCUT2D eigenvalue weighted by atomic mass is 19.4. The number of benzene rings is 2. The molecule has 0 spiro atoms. The van der Waals surface area contributed by atoms with Crippen molar-refractivity contribution in [2.24, 2.45) is 0 Å². The smallest absolute Gasteiger partial charge is 0.369 e. The van der Waals surface area contributed by atoms with E-state index in [1.807, 2.05) is 19.1 Å². The van der Waals surface area contributed by atoms with Crippen molar-refractivity contribution >= 4 is 34.5 Å². The number of hydrogen-bond acceptors (Lipinski definition) is 6. The SMILES string of the molecule is Cc1cc(-c2cnc3c(n2)N(Cc2cccc(C(F)(F)F)c2)CC(=O)N3)cc2[nH]c(N)nc12.[HH]. The lowest BCUT2D eigenvalue weighted by Crippen LogP contribution is -2.39. The number of nitrogens with two attached hydrogens (primary N) is 1. The third-order valence-corrected chi connectivity index (χ3v) is 5.36. The van der Waals surface area contributed by atoms with Crippen LogP contribution in [0.5, 0.6) is 0 Å². The molecule has 5 rings (SSSR count). The summed E-state index contributed by atoms with van der Waals surface area (Å²) in [5.41, 5.74) is 9.12. The second kappa shape index (κ2) is 7.47. The van der Waals surface area contributed by atoms with Gasteiger partial charge in [0.2, 0.25) is 5.91 Å². The molecular formula is C22H20F3N7O. The van der Waals surface area contributed by atoms with E-state index in [0.29, 0.717) is 23.0 Å². The van der Waals surface area contributed by atoms with Crippen LogP contribution in [-0.2, 0) is 17.5 Å². The molecule has 3 heterocycles. The quantitative estimate of drug-likeness (QED) is 0.428. The number of rotatable bonds is 3.